The highest BCUT2D eigenvalue weighted by Crippen LogP contribution is 2.31. The predicted octanol–water partition coefficient (Wildman–Crippen LogP) is 3.91. The van der Waals surface area contributed by atoms with Crippen LogP contribution in [0.4, 0.5) is 0 Å². The fourth-order valence-electron chi connectivity index (χ4n) is 3.70. The maximum atomic E-state index is 13.2. The van der Waals surface area contributed by atoms with Crippen LogP contribution in [-0.4, -0.2) is 38.6 Å². The first-order valence-corrected chi connectivity index (χ1v) is 10.2. The van der Waals surface area contributed by atoms with Crippen molar-refractivity contribution in [2.45, 2.75) is 39.2 Å². The van der Waals surface area contributed by atoms with Crippen molar-refractivity contribution in [1.82, 2.24) is 9.88 Å². The zero-order chi connectivity index (χ0) is 22.7. The third-order valence-corrected chi connectivity index (χ3v) is 5.32. The van der Waals surface area contributed by atoms with E-state index in [1.54, 1.807) is 54.8 Å². The number of nitrogens with zero attached hydrogens (tertiary/aromatic N) is 1. The Bertz CT molecular complexity index is 1170. The summed E-state index contributed by atoms with van der Waals surface area (Å²) in [6, 6.07) is 10.9. The van der Waals surface area contributed by atoms with Crippen molar-refractivity contribution in [2.75, 3.05) is 0 Å². The van der Waals surface area contributed by atoms with Crippen LogP contribution in [0.1, 0.15) is 41.4 Å². The number of benzene rings is 2. The third kappa shape index (κ3) is 5.06. The monoisotopic (exact) mass is 442 g/mol. The topological polar surface area (TPSA) is 109 Å². The van der Waals surface area contributed by atoms with E-state index in [-0.39, 0.29) is 30.4 Å². The van der Waals surface area contributed by atoms with Gasteiger partial charge in [0.2, 0.25) is 5.91 Å². The number of halogens is 1. The van der Waals surface area contributed by atoms with Crippen molar-refractivity contribution < 1.29 is 24.6 Å². The molecule has 0 aliphatic heterocycles. The number of phenolic OH excluding ortho intramolecular Hbond substituents is 1. The number of carbonyl (C=O) groups excluding carboxylic acids is 2. The quantitative estimate of drug-likeness (QED) is 0.514. The number of aromatic hydroxyl groups is 1. The number of aryl methyl sites for hydroxylation is 1. The first kappa shape index (κ1) is 22.4. The van der Waals surface area contributed by atoms with Crippen LogP contribution in [0.3, 0.4) is 0 Å². The van der Waals surface area contributed by atoms with E-state index in [1.165, 1.54) is 6.07 Å². The predicted molar refractivity (Wildman–Crippen MR) is 118 cm³/mol. The summed E-state index contributed by atoms with van der Waals surface area (Å²) in [7, 11) is 0. The second kappa shape index (κ2) is 9.22. The molecule has 1 amide bonds. The molecule has 0 radical (unpaired) electrons. The molecular formula is C23H23ClN2O5. The fourth-order valence-corrected chi connectivity index (χ4v) is 3.89. The normalized spacial score (nSPS) is 12.0. The van der Waals surface area contributed by atoms with Crippen LogP contribution < -0.4 is 5.32 Å². The second-order valence-corrected chi connectivity index (χ2v) is 7.92. The van der Waals surface area contributed by atoms with E-state index in [9.17, 15) is 19.5 Å². The number of fused-ring (bicyclic) bond motifs is 1. The SMILES string of the molecule is Cc1c(CCC(=O)N[C@@H](C)CC(=O)O)c2cc(O)ccc2n1C(=O)c1cccc(Cl)c1. The average Bonchev–Trinajstić information content (AvgIpc) is 2.95. The van der Waals surface area contributed by atoms with Gasteiger partial charge in [-0.3, -0.25) is 19.0 Å². The molecule has 0 unspecified atom stereocenters. The number of hydrogen-bond donors (Lipinski definition) is 3. The minimum atomic E-state index is -0.985. The molecule has 7 nitrogen and oxygen atoms in total. The molecule has 31 heavy (non-hydrogen) atoms. The van der Waals surface area contributed by atoms with Gasteiger partial charge in [-0.15, -0.1) is 0 Å². The molecule has 0 saturated carbocycles. The maximum Gasteiger partial charge on any atom is 0.305 e. The molecule has 3 aromatic rings. The molecule has 8 heteroatoms. The standard InChI is InChI=1S/C23H23ClN2O5/c1-13(10-22(29)30)25-21(28)9-7-18-14(2)26(20-8-6-17(27)12-19(18)20)23(31)15-4-3-5-16(24)11-15/h3-6,8,11-13,27H,7,9-10H2,1-2H3,(H,25,28)(H,29,30)/t13-/m0/s1. The molecule has 1 heterocycles. The van der Waals surface area contributed by atoms with Crippen LogP contribution in [0.2, 0.25) is 5.02 Å². The van der Waals surface area contributed by atoms with Crippen LogP contribution >= 0.6 is 11.6 Å². The lowest BCUT2D eigenvalue weighted by Crippen LogP contribution is -2.34. The first-order chi connectivity index (χ1) is 14.7. The Morgan fingerprint density at radius 3 is 2.58 bits per heavy atom. The number of aromatic nitrogens is 1. The highest BCUT2D eigenvalue weighted by Gasteiger charge is 2.21. The van der Waals surface area contributed by atoms with E-state index in [0.717, 1.165) is 5.56 Å². The average molecular weight is 443 g/mol. The summed E-state index contributed by atoms with van der Waals surface area (Å²) >= 11 is 6.04. The Balaban J connectivity index is 1.92. The van der Waals surface area contributed by atoms with Gasteiger partial charge in [0.25, 0.3) is 5.91 Å². The summed E-state index contributed by atoms with van der Waals surface area (Å²) in [6.45, 7) is 3.42. The van der Waals surface area contributed by atoms with E-state index in [0.29, 0.717) is 33.6 Å². The molecule has 2 aromatic carbocycles. The van der Waals surface area contributed by atoms with Gasteiger partial charge in [-0.1, -0.05) is 17.7 Å². The Morgan fingerprint density at radius 2 is 1.90 bits per heavy atom. The lowest BCUT2D eigenvalue weighted by molar-refractivity contribution is -0.137. The fraction of sp³-hybridized carbons (Fsp3) is 0.261. The highest BCUT2D eigenvalue weighted by atomic mass is 35.5. The number of carboxylic acid groups (broad SMARTS) is 1. The summed E-state index contributed by atoms with van der Waals surface area (Å²) in [5, 5.41) is 22.6. The molecule has 3 N–H and O–H groups in total. The van der Waals surface area contributed by atoms with Crippen molar-refractivity contribution in [3.05, 3.63) is 64.3 Å². The Kier molecular flexibility index (Phi) is 6.65. The van der Waals surface area contributed by atoms with Crippen molar-refractivity contribution in [3.8, 4) is 5.75 Å². The van der Waals surface area contributed by atoms with Crippen molar-refractivity contribution in [1.29, 1.82) is 0 Å². The summed E-state index contributed by atoms with van der Waals surface area (Å²) in [4.78, 5) is 36.3. The van der Waals surface area contributed by atoms with Gasteiger partial charge in [-0.2, -0.15) is 0 Å². The third-order valence-electron chi connectivity index (χ3n) is 5.08. The summed E-state index contributed by atoms with van der Waals surface area (Å²) in [5.41, 5.74) is 2.47. The van der Waals surface area contributed by atoms with Crippen LogP contribution in [-0.2, 0) is 16.0 Å². The van der Waals surface area contributed by atoms with Crippen molar-refractivity contribution in [3.63, 3.8) is 0 Å². The van der Waals surface area contributed by atoms with E-state index < -0.39 is 12.0 Å². The van der Waals surface area contributed by atoms with E-state index in [1.807, 2.05) is 0 Å². The highest BCUT2D eigenvalue weighted by molar-refractivity contribution is 6.31. The second-order valence-electron chi connectivity index (χ2n) is 7.48. The number of carbonyl (C=O) groups is 3. The Hall–Kier alpha value is -3.32. The van der Waals surface area contributed by atoms with E-state index in [2.05, 4.69) is 5.32 Å². The maximum absolute atomic E-state index is 13.2. The number of nitrogens with one attached hydrogen (secondary N) is 1. The minimum absolute atomic E-state index is 0.0561. The molecule has 0 bridgehead atoms. The van der Waals surface area contributed by atoms with Gasteiger partial charge in [0, 0.05) is 34.1 Å². The number of rotatable bonds is 7. The van der Waals surface area contributed by atoms with Gasteiger partial charge in [0.05, 0.1) is 11.9 Å². The van der Waals surface area contributed by atoms with Crippen molar-refractivity contribution in [2.24, 2.45) is 0 Å². The molecule has 0 fully saturated rings. The Morgan fingerprint density at radius 1 is 1.16 bits per heavy atom. The van der Waals surface area contributed by atoms with Crippen LogP contribution in [0.25, 0.3) is 10.9 Å². The zero-order valence-electron chi connectivity index (χ0n) is 17.2. The van der Waals surface area contributed by atoms with E-state index in [4.69, 9.17) is 16.7 Å². The van der Waals surface area contributed by atoms with Gasteiger partial charge in [-0.05, 0) is 62.2 Å². The van der Waals surface area contributed by atoms with E-state index >= 15 is 0 Å². The lowest BCUT2D eigenvalue weighted by atomic mass is 10.0. The number of hydrogen-bond acceptors (Lipinski definition) is 4. The number of phenols is 1. The molecule has 3 rings (SSSR count). The summed E-state index contributed by atoms with van der Waals surface area (Å²) in [5.74, 6) is -1.47. The number of aliphatic carboxylic acids is 1. The van der Waals surface area contributed by atoms with Crippen LogP contribution in [0, 0.1) is 6.92 Å². The first-order valence-electron chi connectivity index (χ1n) is 9.81. The van der Waals surface area contributed by atoms with Gasteiger partial charge in [-0.25, -0.2) is 0 Å². The molecule has 162 valence electrons. The summed E-state index contributed by atoms with van der Waals surface area (Å²) < 4.78 is 1.56. The van der Waals surface area contributed by atoms with Gasteiger partial charge in [0.15, 0.2) is 0 Å². The van der Waals surface area contributed by atoms with Crippen LogP contribution in [0.15, 0.2) is 42.5 Å². The molecular weight excluding hydrogens is 420 g/mol. The van der Waals surface area contributed by atoms with Gasteiger partial charge >= 0.3 is 5.97 Å². The molecule has 0 aliphatic rings. The molecule has 0 spiro atoms. The van der Waals surface area contributed by atoms with Crippen LogP contribution in [0.5, 0.6) is 5.75 Å². The van der Waals surface area contributed by atoms with Gasteiger partial charge < -0.3 is 15.5 Å². The number of amides is 1. The minimum Gasteiger partial charge on any atom is -0.508 e. The molecule has 0 saturated heterocycles. The number of carboxylic acids is 1. The largest absolute Gasteiger partial charge is 0.508 e. The Labute approximate surface area is 184 Å². The lowest BCUT2D eigenvalue weighted by Gasteiger charge is -2.11. The molecule has 0 aliphatic carbocycles. The molecule has 1 atom stereocenters. The van der Waals surface area contributed by atoms with Gasteiger partial charge in [0.1, 0.15) is 5.75 Å². The zero-order valence-corrected chi connectivity index (χ0v) is 17.9. The molecule has 1 aromatic heterocycles. The smallest absolute Gasteiger partial charge is 0.305 e. The van der Waals surface area contributed by atoms with Crippen molar-refractivity contribution >= 4 is 40.3 Å². The summed E-state index contributed by atoms with van der Waals surface area (Å²) in [6.07, 6.45) is 0.282.